The molecule has 8 aromatic rings. The van der Waals surface area contributed by atoms with Crippen molar-refractivity contribution in [3.05, 3.63) is 222 Å². The highest BCUT2D eigenvalue weighted by atomic mass is 15.1. The Morgan fingerprint density at radius 3 is 1.73 bits per heavy atom. The number of hydrogen-bond acceptors (Lipinski definition) is 3. The topological polar surface area (TPSA) is 53.2 Å². The fourth-order valence-electron chi connectivity index (χ4n) is 7.12. The summed E-state index contributed by atoms with van der Waals surface area (Å²) in [4.78, 5) is 5.19. The van der Waals surface area contributed by atoms with Crippen molar-refractivity contribution < 1.29 is 0 Å². The zero-order valence-corrected chi connectivity index (χ0v) is 31.8. The van der Waals surface area contributed by atoms with E-state index >= 15 is 0 Å². The Labute approximate surface area is 329 Å². The van der Waals surface area contributed by atoms with Gasteiger partial charge in [0.25, 0.3) is 0 Å². The maximum Gasteiger partial charge on any atom is 0.141 e. The highest BCUT2D eigenvalue weighted by molar-refractivity contribution is 6.31. The summed E-state index contributed by atoms with van der Waals surface area (Å²) < 4.78 is 2.34. The minimum atomic E-state index is 0.400. The number of aromatic nitrogens is 1. The summed E-state index contributed by atoms with van der Waals surface area (Å²) in [6.07, 6.45) is 4.73. The number of aliphatic imine (C=N–C) groups is 1. The molecule has 0 amide bonds. The summed E-state index contributed by atoms with van der Waals surface area (Å²) in [5, 5.41) is 15.6. The number of unbranched alkanes of at least 4 members (excludes halogenated alkanes) is 1. The van der Waals surface area contributed by atoms with E-state index in [1.165, 1.54) is 34.6 Å². The standard InChI is InChI=1S/C48H34N4.C4H10/c49-47(37-19-9-3-10-20-37)46(48-50-42(34-15-5-1-6-16-34)32-43(51-48)35-17-7-2-8-18-35)36-27-25-33(26-28-36)38-29-30-45-41(31-38)40-23-13-14-24-44(40)52(45)39-21-11-4-12-22-39;1-3-4-2/h1-32,49-50H;3-4H2,1-2H3/b48-46+,49-47?;. The Hall–Kier alpha value is -7.04. The highest BCUT2D eigenvalue weighted by Gasteiger charge is 2.22. The number of benzene rings is 7. The van der Waals surface area contributed by atoms with Crippen molar-refractivity contribution in [2.45, 2.75) is 26.7 Å². The summed E-state index contributed by atoms with van der Waals surface area (Å²) in [7, 11) is 0. The van der Waals surface area contributed by atoms with Gasteiger partial charge in [-0.25, -0.2) is 4.99 Å². The Morgan fingerprint density at radius 1 is 0.518 bits per heavy atom. The first kappa shape index (κ1) is 36.0. The fourth-order valence-corrected chi connectivity index (χ4v) is 7.12. The molecular formula is C52H44N4. The first-order valence-electron chi connectivity index (χ1n) is 19.4. The molecule has 0 unspecified atom stereocenters. The number of hydrogen-bond donors (Lipinski definition) is 2. The van der Waals surface area contributed by atoms with Gasteiger partial charge in [0.1, 0.15) is 5.82 Å². The van der Waals surface area contributed by atoms with Crippen molar-refractivity contribution in [3.8, 4) is 16.8 Å². The van der Waals surface area contributed by atoms with Gasteiger partial charge in [-0.15, -0.1) is 0 Å². The Bertz CT molecular complexity index is 2700. The lowest BCUT2D eigenvalue weighted by atomic mass is 9.93. The van der Waals surface area contributed by atoms with E-state index in [4.69, 9.17) is 4.99 Å². The highest BCUT2D eigenvalue weighted by Crippen LogP contribution is 2.36. The van der Waals surface area contributed by atoms with Gasteiger partial charge < -0.3 is 9.88 Å². The summed E-state index contributed by atoms with van der Waals surface area (Å²) in [6.45, 7) is 4.36. The molecule has 4 nitrogen and oxygen atoms in total. The van der Waals surface area contributed by atoms with Crippen LogP contribution in [0.1, 0.15) is 48.9 Å². The van der Waals surface area contributed by atoms with Crippen LogP contribution in [0.4, 0.5) is 0 Å². The molecule has 0 aliphatic carbocycles. The SMILES string of the molecule is CCCC.N=C(/C(=C1/N=C(c2ccccc2)C=C(c2ccccc2)N1)c1ccc(-c2ccc3c(c2)c2ccccc2n3-c2ccccc2)cc1)c1ccccc1. The van der Waals surface area contributed by atoms with Crippen LogP contribution in [0.15, 0.2) is 205 Å². The zero-order valence-electron chi connectivity index (χ0n) is 31.8. The summed E-state index contributed by atoms with van der Waals surface area (Å²) >= 11 is 0. The number of allylic oxidation sites excluding steroid dienone is 2. The molecule has 7 aromatic carbocycles. The number of para-hydroxylation sites is 2. The number of nitrogens with one attached hydrogen (secondary N) is 2. The molecule has 9 rings (SSSR count). The maximum atomic E-state index is 9.57. The van der Waals surface area contributed by atoms with Gasteiger partial charge in [0.15, 0.2) is 0 Å². The second-order valence-electron chi connectivity index (χ2n) is 13.9. The van der Waals surface area contributed by atoms with E-state index in [9.17, 15) is 5.41 Å². The van der Waals surface area contributed by atoms with E-state index in [0.717, 1.165) is 56.0 Å². The molecule has 1 aromatic heterocycles. The lowest BCUT2D eigenvalue weighted by Gasteiger charge is -2.22. The van der Waals surface area contributed by atoms with Crippen LogP contribution >= 0.6 is 0 Å². The van der Waals surface area contributed by atoms with E-state index in [1.54, 1.807) is 0 Å². The second-order valence-corrected chi connectivity index (χ2v) is 13.9. The molecule has 0 saturated carbocycles. The van der Waals surface area contributed by atoms with Crippen LogP contribution in [-0.2, 0) is 0 Å². The number of nitrogens with zero attached hydrogens (tertiary/aromatic N) is 2. The molecule has 4 heteroatoms. The van der Waals surface area contributed by atoms with E-state index < -0.39 is 0 Å². The van der Waals surface area contributed by atoms with Crippen LogP contribution < -0.4 is 5.32 Å². The van der Waals surface area contributed by atoms with Crippen LogP contribution in [0, 0.1) is 5.41 Å². The third-order valence-corrected chi connectivity index (χ3v) is 10.2. The Morgan fingerprint density at radius 2 is 1.07 bits per heavy atom. The van der Waals surface area contributed by atoms with Gasteiger partial charge in [-0.3, -0.25) is 5.41 Å². The van der Waals surface area contributed by atoms with Gasteiger partial charge in [0, 0.05) is 33.3 Å². The molecule has 0 spiro atoms. The maximum absolute atomic E-state index is 9.57. The molecule has 272 valence electrons. The molecule has 0 fully saturated rings. The lowest BCUT2D eigenvalue weighted by Crippen LogP contribution is -2.22. The molecule has 0 radical (unpaired) electrons. The Kier molecular flexibility index (Phi) is 10.6. The molecule has 1 aliphatic heterocycles. The first-order chi connectivity index (χ1) is 27.6. The van der Waals surface area contributed by atoms with Gasteiger partial charge in [-0.2, -0.15) is 0 Å². The van der Waals surface area contributed by atoms with Gasteiger partial charge in [0.2, 0.25) is 0 Å². The van der Waals surface area contributed by atoms with Crippen LogP contribution in [0.2, 0.25) is 0 Å². The molecule has 2 N–H and O–H groups in total. The van der Waals surface area contributed by atoms with Crippen LogP contribution in [0.25, 0.3) is 49.9 Å². The summed E-state index contributed by atoms with van der Waals surface area (Å²) in [5.41, 5.74) is 12.4. The van der Waals surface area contributed by atoms with Crippen molar-refractivity contribution in [1.82, 2.24) is 9.88 Å². The number of rotatable bonds is 8. The molecule has 0 saturated heterocycles. The van der Waals surface area contributed by atoms with Gasteiger partial charge in [0.05, 0.1) is 28.0 Å². The minimum absolute atomic E-state index is 0.400. The predicted octanol–water partition coefficient (Wildman–Crippen LogP) is 13.1. The van der Waals surface area contributed by atoms with Crippen molar-refractivity contribution >= 4 is 44.5 Å². The van der Waals surface area contributed by atoms with Gasteiger partial charge in [-0.1, -0.05) is 184 Å². The fraction of sp³-hybridized carbons (Fsp3) is 0.0769. The molecule has 0 atom stereocenters. The van der Waals surface area contributed by atoms with E-state index in [1.807, 2.05) is 66.7 Å². The smallest absolute Gasteiger partial charge is 0.141 e. The average Bonchev–Trinajstić information content (AvgIpc) is 3.61. The van der Waals surface area contributed by atoms with E-state index in [2.05, 4.69) is 151 Å². The second kappa shape index (κ2) is 16.5. The monoisotopic (exact) mass is 724 g/mol. The van der Waals surface area contributed by atoms with Crippen molar-refractivity contribution in [2.24, 2.45) is 4.99 Å². The summed E-state index contributed by atoms with van der Waals surface area (Å²) in [6, 6.07) is 64.8. The van der Waals surface area contributed by atoms with Crippen LogP contribution in [0.5, 0.6) is 0 Å². The van der Waals surface area contributed by atoms with Crippen molar-refractivity contribution in [1.29, 1.82) is 5.41 Å². The number of fused-ring (bicyclic) bond motifs is 3. The minimum Gasteiger partial charge on any atom is -0.339 e. The van der Waals surface area contributed by atoms with E-state index in [0.29, 0.717) is 11.5 Å². The van der Waals surface area contributed by atoms with Crippen LogP contribution in [-0.4, -0.2) is 16.0 Å². The third kappa shape index (κ3) is 7.38. The lowest BCUT2D eigenvalue weighted by molar-refractivity contribution is 0.886. The third-order valence-electron chi connectivity index (χ3n) is 10.2. The summed E-state index contributed by atoms with van der Waals surface area (Å²) in [5.74, 6) is 0.636. The van der Waals surface area contributed by atoms with Gasteiger partial charge in [-0.05, 0) is 58.7 Å². The zero-order chi connectivity index (χ0) is 38.3. The van der Waals surface area contributed by atoms with Gasteiger partial charge >= 0.3 is 0 Å². The van der Waals surface area contributed by atoms with Crippen molar-refractivity contribution in [2.75, 3.05) is 0 Å². The molecule has 56 heavy (non-hydrogen) atoms. The molecular weight excluding hydrogens is 681 g/mol. The first-order valence-corrected chi connectivity index (χ1v) is 19.4. The van der Waals surface area contributed by atoms with Crippen molar-refractivity contribution in [3.63, 3.8) is 0 Å². The average molecular weight is 725 g/mol. The molecule has 1 aliphatic rings. The largest absolute Gasteiger partial charge is 0.339 e. The van der Waals surface area contributed by atoms with Crippen LogP contribution in [0.3, 0.4) is 0 Å². The Balaban J connectivity index is 0.00000105. The normalized spacial score (nSPS) is 13.2. The van der Waals surface area contributed by atoms with E-state index in [-0.39, 0.29) is 0 Å². The quantitative estimate of drug-likeness (QED) is 0.151. The molecule has 0 bridgehead atoms. The predicted molar refractivity (Wildman–Crippen MR) is 238 cm³/mol. The molecule has 2 heterocycles.